The topological polar surface area (TPSA) is 0 Å². The zero-order valence-electron chi connectivity index (χ0n) is 31.2. The average molecular weight is 689 g/mol. The summed E-state index contributed by atoms with van der Waals surface area (Å²) < 4.78 is 0. The highest BCUT2D eigenvalue weighted by molar-refractivity contribution is 6.21. The quantitative estimate of drug-likeness (QED) is 0.162. The molecule has 2 aliphatic rings. The minimum Gasteiger partial charge on any atom is -0.0619 e. The van der Waals surface area contributed by atoms with E-state index in [-0.39, 0.29) is 10.8 Å². The molecule has 0 saturated heterocycles. The molecule has 0 amide bonds. The highest BCUT2D eigenvalue weighted by Gasteiger charge is 2.45. The molecule has 256 valence electrons. The molecular formula is C54H40. The number of benzene rings is 9. The lowest BCUT2D eigenvalue weighted by Gasteiger charge is -2.31. The van der Waals surface area contributed by atoms with Gasteiger partial charge in [0.25, 0.3) is 0 Å². The lowest BCUT2D eigenvalue weighted by atomic mass is 9.72. The summed E-state index contributed by atoms with van der Waals surface area (Å²) in [6.45, 7) is 9.73. The maximum Gasteiger partial charge on any atom is 0.0162 e. The van der Waals surface area contributed by atoms with E-state index in [4.69, 9.17) is 0 Å². The zero-order chi connectivity index (χ0) is 36.3. The largest absolute Gasteiger partial charge is 0.0619 e. The van der Waals surface area contributed by atoms with E-state index in [9.17, 15) is 0 Å². The summed E-state index contributed by atoms with van der Waals surface area (Å²) in [5.41, 5.74) is 18.7. The molecule has 0 radical (unpaired) electrons. The molecular weight excluding hydrogens is 649 g/mol. The van der Waals surface area contributed by atoms with Gasteiger partial charge in [-0.05, 0) is 128 Å². The summed E-state index contributed by atoms with van der Waals surface area (Å²) in [6, 6.07) is 63.7. The predicted molar refractivity (Wildman–Crippen MR) is 230 cm³/mol. The van der Waals surface area contributed by atoms with Gasteiger partial charge in [0.1, 0.15) is 0 Å². The summed E-state index contributed by atoms with van der Waals surface area (Å²) >= 11 is 0. The van der Waals surface area contributed by atoms with Gasteiger partial charge in [-0.1, -0.05) is 179 Å². The molecule has 0 atom stereocenters. The monoisotopic (exact) mass is 688 g/mol. The van der Waals surface area contributed by atoms with Crippen LogP contribution in [0.25, 0.3) is 88.0 Å². The van der Waals surface area contributed by atoms with Crippen molar-refractivity contribution in [2.24, 2.45) is 0 Å². The Hall–Kier alpha value is -6.24. The highest BCUT2D eigenvalue weighted by atomic mass is 14.5. The van der Waals surface area contributed by atoms with Gasteiger partial charge in [-0.25, -0.2) is 0 Å². The van der Waals surface area contributed by atoms with Gasteiger partial charge in [0.2, 0.25) is 0 Å². The minimum absolute atomic E-state index is 0.0623. The summed E-state index contributed by atoms with van der Waals surface area (Å²) in [4.78, 5) is 0. The van der Waals surface area contributed by atoms with Crippen LogP contribution < -0.4 is 0 Å². The Kier molecular flexibility index (Phi) is 6.46. The Morgan fingerprint density at radius 1 is 0.296 bits per heavy atom. The molecule has 0 bridgehead atoms. The maximum absolute atomic E-state index is 2.52. The Morgan fingerprint density at radius 2 is 0.759 bits per heavy atom. The lowest BCUT2D eigenvalue weighted by Crippen LogP contribution is -2.24. The molecule has 0 fully saturated rings. The Labute approximate surface area is 317 Å². The van der Waals surface area contributed by atoms with Crippen LogP contribution in [0.5, 0.6) is 0 Å². The molecule has 11 rings (SSSR count). The van der Waals surface area contributed by atoms with Gasteiger partial charge in [-0.15, -0.1) is 0 Å². The van der Waals surface area contributed by atoms with E-state index in [2.05, 4.69) is 198 Å². The second-order valence-corrected chi connectivity index (χ2v) is 16.5. The van der Waals surface area contributed by atoms with Crippen molar-refractivity contribution in [3.8, 4) is 55.6 Å². The molecule has 54 heavy (non-hydrogen) atoms. The molecule has 0 spiro atoms. The molecule has 0 heteroatoms. The summed E-state index contributed by atoms with van der Waals surface area (Å²) in [5, 5.41) is 7.66. The number of rotatable bonds is 3. The van der Waals surface area contributed by atoms with Gasteiger partial charge >= 0.3 is 0 Å². The van der Waals surface area contributed by atoms with E-state index in [0.29, 0.717) is 0 Å². The smallest absolute Gasteiger partial charge is 0.0162 e. The van der Waals surface area contributed by atoms with Crippen molar-refractivity contribution in [1.82, 2.24) is 0 Å². The Balaban J connectivity index is 1.10. The summed E-state index contributed by atoms with van der Waals surface area (Å²) in [6.07, 6.45) is 0. The molecule has 0 aliphatic heterocycles. The van der Waals surface area contributed by atoms with Crippen LogP contribution in [-0.2, 0) is 10.8 Å². The first-order chi connectivity index (χ1) is 26.3. The van der Waals surface area contributed by atoms with Crippen LogP contribution in [0.4, 0.5) is 0 Å². The molecule has 0 aromatic heterocycles. The fourth-order valence-electron chi connectivity index (χ4n) is 10.3. The van der Waals surface area contributed by atoms with E-state index in [1.807, 2.05) is 0 Å². The third kappa shape index (κ3) is 4.26. The zero-order valence-corrected chi connectivity index (χ0v) is 31.2. The van der Waals surface area contributed by atoms with Gasteiger partial charge < -0.3 is 0 Å². The molecule has 0 heterocycles. The van der Waals surface area contributed by atoms with Crippen LogP contribution >= 0.6 is 0 Å². The van der Waals surface area contributed by atoms with E-state index < -0.39 is 0 Å². The minimum atomic E-state index is -0.153. The van der Waals surface area contributed by atoms with Crippen LogP contribution in [-0.4, -0.2) is 0 Å². The van der Waals surface area contributed by atoms with Gasteiger partial charge in [-0.3, -0.25) is 0 Å². The number of fused-ring (bicyclic) bond motifs is 10. The first-order valence-electron chi connectivity index (χ1n) is 19.3. The van der Waals surface area contributed by atoms with Crippen molar-refractivity contribution in [3.05, 3.63) is 192 Å². The van der Waals surface area contributed by atoms with Gasteiger partial charge in [0.15, 0.2) is 0 Å². The van der Waals surface area contributed by atoms with E-state index in [1.54, 1.807) is 0 Å². The Morgan fingerprint density at radius 3 is 1.43 bits per heavy atom. The van der Waals surface area contributed by atoms with Crippen LogP contribution in [0, 0.1) is 0 Å². The van der Waals surface area contributed by atoms with Crippen molar-refractivity contribution in [2.75, 3.05) is 0 Å². The van der Waals surface area contributed by atoms with E-state index in [0.717, 1.165) is 0 Å². The van der Waals surface area contributed by atoms with Crippen molar-refractivity contribution in [2.45, 2.75) is 38.5 Å². The van der Waals surface area contributed by atoms with E-state index >= 15 is 0 Å². The molecule has 9 aromatic carbocycles. The molecule has 2 aliphatic carbocycles. The molecule has 0 saturated carbocycles. The van der Waals surface area contributed by atoms with Crippen LogP contribution in [0.15, 0.2) is 170 Å². The van der Waals surface area contributed by atoms with Gasteiger partial charge in [-0.2, -0.15) is 0 Å². The standard InChI is InChI=1S/C54H40/c1-53(2)47-23-12-11-18-39(47)45-28-29-46-40-27-26-38(32-48(40)54(3,4)52(46)51(45)53)50-43-21-9-7-19-41(43)49(42-20-8-10-22-44(42)50)37-17-13-16-35(31-37)36-25-24-33-14-5-6-15-34(33)30-36/h5-32H,1-4H3. The third-order valence-electron chi connectivity index (χ3n) is 12.8. The van der Waals surface area contributed by atoms with Crippen molar-refractivity contribution >= 4 is 32.3 Å². The summed E-state index contributed by atoms with van der Waals surface area (Å²) in [5.74, 6) is 0. The molecule has 0 N–H and O–H groups in total. The Bertz CT molecular complexity index is 2990. The van der Waals surface area contributed by atoms with Gasteiger partial charge in [0.05, 0.1) is 0 Å². The first kappa shape index (κ1) is 31.3. The second kappa shape index (κ2) is 11.1. The fourth-order valence-corrected chi connectivity index (χ4v) is 10.3. The van der Waals surface area contributed by atoms with Crippen molar-refractivity contribution in [3.63, 3.8) is 0 Å². The fraction of sp³-hybridized carbons (Fsp3) is 0.111. The predicted octanol–water partition coefficient (Wildman–Crippen LogP) is 14.8. The molecule has 0 unspecified atom stereocenters. The van der Waals surface area contributed by atoms with Crippen LogP contribution in [0.1, 0.15) is 49.9 Å². The normalized spacial score (nSPS) is 14.6. The lowest BCUT2D eigenvalue weighted by molar-refractivity contribution is 0.601. The molecule has 9 aromatic rings. The highest BCUT2D eigenvalue weighted by Crippen LogP contribution is 2.59. The molecule has 0 nitrogen and oxygen atoms in total. The summed E-state index contributed by atoms with van der Waals surface area (Å²) in [7, 11) is 0. The van der Waals surface area contributed by atoms with Crippen LogP contribution in [0.2, 0.25) is 0 Å². The van der Waals surface area contributed by atoms with Gasteiger partial charge in [0, 0.05) is 10.8 Å². The maximum atomic E-state index is 2.52. The number of hydrogen-bond acceptors (Lipinski definition) is 0. The first-order valence-corrected chi connectivity index (χ1v) is 19.3. The third-order valence-corrected chi connectivity index (χ3v) is 12.8. The van der Waals surface area contributed by atoms with Crippen molar-refractivity contribution in [1.29, 1.82) is 0 Å². The van der Waals surface area contributed by atoms with Crippen LogP contribution in [0.3, 0.4) is 0 Å². The average Bonchev–Trinajstić information content (AvgIpc) is 3.58. The number of hydrogen-bond donors (Lipinski definition) is 0. The second-order valence-electron chi connectivity index (χ2n) is 16.5. The van der Waals surface area contributed by atoms with Crippen molar-refractivity contribution < 1.29 is 0 Å². The van der Waals surface area contributed by atoms with E-state index in [1.165, 1.54) is 110 Å². The SMILES string of the molecule is CC1(C)c2ccccc2-c2ccc3c(c21)C(C)(C)c1cc(-c2c4ccccc4c(-c4cccc(-c5ccc6ccccc6c5)c4)c4ccccc24)ccc1-3.